The maximum Gasteiger partial charge on any atom is 0.262 e. The zero-order valence-corrected chi connectivity index (χ0v) is 14.3. The third-order valence-corrected chi connectivity index (χ3v) is 4.10. The predicted molar refractivity (Wildman–Crippen MR) is 88.5 cm³/mol. The molecule has 2 atom stereocenters. The number of ketones is 1. The fraction of sp³-hybridized carbons (Fsp3) is 0.444. The van der Waals surface area contributed by atoms with E-state index < -0.39 is 29.8 Å². The summed E-state index contributed by atoms with van der Waals surface area (Å²) in [5.74, 6) is -1.51. The Kier molecular flexibility index (Phi) is 5.17. The van der Waals surface area contributed by atoms with Crippen LogP contribution in [0, 0.1) is 5.92 Å². The van der Waals surface area contributed by atoms with Crippen molar-refractivity contribution in [2.24, 2.45) is 5.92 Å². The fourth-order valence-electron chi connectivity index (χ4n) is 2.68. The molecule has 24 heavy (non-hydrogen) atoms. The predicted octanol–water partition coefficient (Wildman–Crippen LogP) is 1.79. The highest BCUT2D eigenvalue weighted by atomic mass is 16.2. The van der Waals surface area contributed by atoms with Gasteiger partial charge in [0.1, 0.15) is 6.04 Å². The van der Waals surface area contributed by atoms with Crippen molar-refractivity contribution < 1.29 is 19.2 Å². The van der Waals surface area contributed by atoms with Crippen molar-refractivity contribution in [3.8, 4) is 0 Å². The average Bonchev–Trinajstić information content (AvgIpc) is 2.77. The standard InChI is InChI=1S/C18H22N2O4/c1-10(2)9-15(16(22)19-11(3)12(4)21)20-17(23)13-7-5-6-8-14(13)18(20)24/h5-8,10-11,15H,9H2,1-4H3,(H,19,22)/t11-,15-/m1/s1. The Morgan fingerprint density at radius 1 is 1.04 bits per heavy atom. The number of hydrogen-bond acceptors (Lipinski definition) is 4. The molecule has 1 aliphatic heterocycles. The van der Waals surface area contributed by atoms with E-state index in [4.69, 9.17) is 0 Å². The van der Waals surface area contributed by atoms with Crippen molar-refractivity contribution in [2.45, 2.75) is 46.2 Å². The van der Waals surface area contributed by atoms with Crippen molar-refractivity contribution in [1.29, 1.82) is 0 Å². The van der Waals surface area contributed by atoms with Crippen molar-refractivity contribution in [3.05, 3.63) is 35.4 Å². The summed E-state index contributed by atoms with van der Waals surface area (Å²) in [6.45, 7) is 6.78. The van der Waals surface area contributed by atoms with Crippen LogP contribution in [-0.4, -0.2) is 40.5 Å². The minimum Gasteiger partial charge on any atom is -0.345 e. The van der Waals surface area contributed by atoms with E-state index in [0.29, 0.717) is 17.5 Å². The minimum atomic E-state index is -0.931. The van der Waals surface area contributed by atoms with Crippen LogP contribution in [0.15, 0.2) is 24.3 Å². The molecule has 6 nitrogen and oxygen atoms in total. The Morgan fingerprint density at radius 3 is 1.96 bits per heavy atom. The molecule has 1 aromatic rings. The lowest BCUT2D eigenvalue weighted by Gasteiger charge is -2.27. The summed E-state index contributed by atoms with van der Waals surface area (Å²) in [4.78, 5) is 50.2. The molecule has 0 aromatic heterocycles. The first kappa shape index (κ1) is 17.8. The molecule has 0 spiro atoms. The van der Waals surface area contributed by atoms with Crippen LogP contribution in [0.4, 0.5) is 0 Å². The van der Waals surface area contributed by atoms with E-state index in [1.165, 1.54) is 6.92 Å². The summed E-state index contributed by atoms with van der Waals surface area (Å²) >= 11 is 0. The van der Waals surface area contributed by atoms with Gasteiger partial charge in [-0.2, -0.15) is 0 Å². The molecule has 1 aliphatic rings. The molecule has 0 saturated carbocycles. The third kappa shape index (κ3) is 3.37. The summed E-state index contributed by atoms with van der Waals surface area (Å²) in [6, 6.07) is 4.93. The van der Waals surface area contributed by atoms with E-state index in [9.17, 15) is 19.2 Å². The quantitative estimate of drug-likeness (QED) is 0.806. The maximum atomic E-state index is 12.6. The molecule has 0 bridgehead atoms. The van der Waals surface area contributed by atoms with Gasteiger partial charge in [0.15, 0.2) is 5.78 Å². The van der Waals surface area contributed by atoms with Crippen LogP contribution in [0.3, 0.4) is 0 Å². The number of rotatable bonds is 6. The molecule has 0 saturated heterocycles. The zero-order valence-electron chi connectivity index (χ0n) is 14.3. The van der Waals surface area contributed by atoms with Gasteiger partial charge in [0.05, 0.1) is 17.2 Å². The number of carbonyl (C=O) groups excluding carboxylic acids is 4. The Hall–Kier alpha value is -2.50. The molecule has 2 rings (SSSR count). The minimum absolute atomic E-state index is 0.0951. The SMILES string of the molecule is CC(=O)[C@@H](C)NC(=O)[C@@H](CC(C)C)N1C(=O)c2ccccc2C1=O. The molecule has 0 fully saturated rings. The van der Waals surface area contributed by atoms with E-state index in [-0.39, 0.29) is 11.7 Å². The van der Waals surface area contributed by atoms with E-state index in [1.807, 2.05) is 13.8 Å². The molecule has 6 heteroatoms. The summed E-state index contributed by atoms with van der Waals surface area (Å²) in [5.41, 5.74) is 0.618. The number of nitrogens with zero attached hydrogens (tertiary/aromatic N) is 1. The van der Waals surface area contributed by atoms with Crippen LogP contribution >= 0.6 is 0 Å². The average molecular weight is 330 g/mol. The van der Waals surface area contributed by atoms with E-state index in [0.717, 1.165) is 4.90 Å². The van der Waals surface area contributed by atoms with E-state index >= 15 is 0 Å². The van der Waals surface area contributed by atoms with Crippen LogP contribution in [0.1, 0.15) is 54.8 Å². The Labute approximate surface area is 141 Å². The second-order valence-electron chi connectivity index (χ2n) is 6.51. The van der Waals surface area contributed by atoms with Crippen LogP contribution in [0.5, 0.6) is 0 Å². The molecule has 0 unspecified atom stereocenters. The van der Waals surface area contributed by atoms with Gasteiger partial charge in [0.2, 0.25) is 5.91 Å². The fourth-order valence-corrected chi connectivity index (χ4v) is 2.68. The van der Waals surface area contributed by atoms with Gasteiger partial charge in [-0.05, 0) is 38.3 Å². The lowest BCUT2D eigenvalue weighted by molar-refractivity contribution is -0.129. The Balaban J connectivity index is 2.32. The summed E-state index contributed by atoms with van der Waals surface area (Å²) in [6.07, 6.45) is 0.335. The van der Waals surface area contributed by atoms with Gasteiger partial charge in [0, 0.05) is 0 Å². The van der Waals surface area contributed by atoms with Crippen molar-refractivity contribution in [1.82, 2.24) is 10.2 Å². The summed E-state index contributed by atoms with van der Waals surface area (Å²) in [7, 11) is 0. The van der Waals surface area contributed by atoms with E-state index in [2.05, 4.69) is 5.32 Å². The molecular formula is C18H22N2O4. The topological polar surface area (TPSA) is 83.6 Å². The molecule has 1 N–H and O–H groups in total. The highest BCUT2D eigenvalue weighted by molar-refractivity contribution is 6.22. The number of nitrogens with one attached hydrogen (secondary N) is 1. The number of fused-ring (bicyclic) bond motifs is 1. The number of benzene rings is 1. The third-order valence-electron chi connectivity index (χ3n) is 4.10. The molecule has 3 amide bonds. The van der Waals surface area contributed by atoms with Crippen LogP contribution < -0.4 is 5.32 Å². The molecule has 1 aromatic carbocycles. The number of hydrogen-bond donors (Lipinski definition) is 1. The first-order valence-corrected chi connectivity index (χ1v) is 8.01. The number of amides is 3. The van der Waals surface area contributed by atoms with Gasteiger partial charge in [-0.1, -0.05) is 26.0 Å². The smallest absolute Gasteiger partial charge is 0.262 e. The van der Waals surface area contributed by atoms with Gasteiger partial charge in [0.25, 0.3) is 11.8 Å². The Morgan fingerprint density at radius 2 is 1.54 bits per heavy atom. The maximum absolute atomic E-state index is 12.6. The second-order valence-corrected chi connectivity index (χ2v) is 6.51. The number of Topliss-reactive ketones (excluding diaryl/α,β-unsaturated/α-hetero) is 1. The van der Waals surface area contributed by atoms with Crippen molar-refractivity contribution in [2.75, 3.05) is 0 Å². The number of imide groups is 1. The summed E-state index contributed by atoms with van der Waals surface area (Å²) < 4.78 is 0. The lowest BCUT2D eigenvalue weighted by Crippen LogP contribution is -2.52. The molecule has 0 aliphatic carbocycles. The summed E-state index contributed by atoms with van der Waals surface area (Å²) in [5, 5.41) is 2.59. The second kappa shape index (κ2) is 6.95. The first-order valence-electron chi connectivity index (χ1n) is 8.01. The zero-order chi connectivity index (χ0) is 18.0. The van der Waals surface area contributed by atoms with Gasteiger partial charge in [-0.15, -0.1) is 0 Å². The first-order chi connectivity index (χ1) is 11.2. The Bertz CT molecular complexity index is 661. The molecular weight excluding hydrogens is 308 g/mol. The van der Waals surface area contributed by atoms with Gasteiger partial charge >= 0.3 is 0 Å². The lowest BCUT2D eigenvalue weighted by atomic mass is 10.0. The van der Waals surface area contributed by atoms with Crippen molar-refractivity contribution >= 4 is 23.5 Å². The van der Waals surface area contributed by atoms with Gasteiger partial charge in [-0.3, -0.25) is 24.1 Å². The molecule has 0 radical (unpaired) electrons. The molecule has 1 heterocycles. The highest BCUT2D eigenvalue weighted by Gasteiger charge is 2.43. The van der Waals surface area contributed by atoms with Crippen molar-refractivity contribution in [3.63, 3.8) is 0 Å². The van der Waals surface area contributed by atoms with Crippen LogP contribution in [0.2, 0.25) is 0 Å². The van der Waals surface area contributed by atoms with Crippen LogP contribution in [0.25, 0.3) is 0 Å². The molecule has 128 valence electrons. The largest absolute Gasteiger partial charge is 0.345 e. The van der Waals surface area contributed by atoms with Crippen LogP contribution in [-0.2, 0) is 9.59 Å². The highest BCUT2D eigenvalue weighted by Crippen LogP contribution is 2.27. The number of carbonyl (C=O) groups is 4. The van der Waals surface area contributed by atoms with Gasteiger partial charge < -0.3 is 5.32 Å². The van der Waals surface area contributed by atoms with E-state index in [1.54, 1.807) is 31.2 Å². The van der Waals surface area contributed by atoms with Gasteiger partial charge in [-0.25, -0.2) is 0 Å². The monoisotopic (exact) mass is 330 g/mol. The normalized spacial score (nSPS) is 16.1.